The Balaban J connectivity index is 0.000000326. The van der Waals surface area contributed by atoms with Crippen molar-refractivity contribution >= 4 is 29.8 Å². The minimum atomic E-state index is -0.877. The zero-order chi connectivity index (χ0) is 17.9. The number of hydrogen-bond donors (Lipinski definition) is 0. The van der Waals surface area contributed by atoms with Gasteiger partial charge in [-0.1, -0.05) is 61.2 Å². The Kier molecular flexibility index (Phi) is 7.62. The van der Waals surface area contributed by atoms with Crippen LogP contribution < -0.4 is 15.9 Å². The van der Waals surface area contributed by atoms with Gasteiger partial charge < -0.3 is 4.74 Å². The maximum absolute atomic E-state index is 9.84. The Morgan fingerprint density at radius 3 is 1.28 bits per heavy atom. The third-order valence-corrected chi connectivity index (χ3v) is 6.29. The molecule has 0 fully saturated rings. The molecule has 0 saturated heterocycles. The number of rotatable bonds is 4. The van der Waals surface area contributed by atoms with Crippen LogP contribution in [0.2, 0.25) is 0 Å². The molecule has 0 saturated carbocycles. The fourth-order valence-electron chi connectivity index (χ4n) is 2.40. The Labute approximate surface area is 150 Å². The van der Waals surface area contributed by atoms with Gasteiger partial charge in [-0.05, 0) is 36.4 Å². The van der Waals surface area contributed by atoms with E-state index in [1.807, 2.05) is 0 Å². The molecule has 0 bridgehead atoms. The van der Waals surface area contributed by atoms with Crippen molar-refractivity contribution in [1.29, 1.82) is 0 Å². The van der Waals surface area contributed by atoms with Crippen LogP contribution in [0.3, 0.4) is 0 Å². The molecule has 0 N–H and O–H groups in total. The number of carbonyl (C=O) groups excluding carboxylic acids is 1. The van der Waals surface area contributed by atoms with Crippen molar-refractivity contribution in [3.63, 3.8) is 0 Å². The van der Waals surface area contributed by atoms with Crippen LogP contribution in [0.1, 0.15) is 0 Å². The van der Waals surface area contributed by atoms with Crippen LogP contribution in [-0.4, -0.2) is 13.1 Å². The van der Waals surface area contributed by atoms with Crippen LogP contribution in [-0.2, 0) is 9.53 Å². The molecule has 0 amide bonds. The number of carbonyl (C=O) groups is 1. The van der Waals surface area contributed by atoms with E-state index in [1.54, 1.807) is 0 Å². The maximum atomic E-state index is 9.84. The lowest BCUT2D eigenvalue weighted by Crippen LogP contribution is -2.20. The van der Waals surface area contributed by atoms with Crippen LogP contribution in [0.15, 0.2) is 104 Å². The van der Waals surface area contributed by atoms with E-state index in [1.165, 1.54) is 23.0 Å². The summed E-state index contributed by atoms with van der Waals surface area (Å²) in [6, 6.07) is 32.5. The molecular formula is C22H22O2P+. The van der Waals surface area contributed by atoms with Crippen molar-refractivity contribution in [3.05, 3.63) is 104 Å². The van der Waals surface area contributed by atoms with Gasteiger partial charge in [0, 0.05) is 6.08 Å². The molecule has 0 aliphatic carbocycles. The quantitative estimate of drug-likeness (QED) is 0.409. The molecule has 0 unspecified atom stereocenters. The highest BCUT2D eigenvalue weighted by atomic mass is 31.1. The van der Waals surface area contributed by atoms with Gasteiger partial charge in [0.05, 0.1) is 15.0 Å². The Hall–Kier alpha value is -2.70. The van der Waals surface area contributed by atoms with Gasteiger partial charge in [-0.25, -0.2) is 4.79 Å². The number of benzene rings is 3. The SMILES string of the molecule is C=CC(=O)OC.c1ccc([PH+](c2ccccc2)c2ccccc2)cc1. The minimum Gasteiger partial charge on any atom is -0.466 e. The average molecular weight is 349 g/mol. The zero-order valence-corrected chi connectivity index (χ0v) is 15.3. The first-order valence-corrected chi connectivity index (χ1v) is 9.50. The highest BCUT2D eigenvalue weighted by molar-refractivity contribution is 7.79. The first-order valence-electron chi connectivity index (χ1n) is 8.00. The average Bonchev–Trinajstić information content (AvgIpc) is 2.70. The van der Waals surface area contributed by atoms with Crippen molar-refractivity contribution in [3.8, 4) is 0 Å². The van der Waals surface area contributed by atoms with Gasteiger partial charge in [-0.2, -0.15) is 0 Å². The second-order valence-corrected chi connectivity index (χ2v) is 7.68. The van der Waals surface area contributed by atoms with Crippen LogP contribution in [0.4, 0.5) is 0 Å². The summed E-state index contributed by atoms with van der Waals surface area (Å²) >= 11 is 0. The van der Waals surface area contributed by atoms with E-state index in [0.29, 0.717) is 0 Å². The molecule has 3 heteroatoms. The summed E-state index contributed by atoms with van der Waals surface area (Å²) in [4.78, 5) is 9.84. The molecule has 0 aliphatic rings. The van der Waals surface area contributed by atoms with E-state index in [9.17, 15) is 4.79 Å². The normalized spacial score (nSPS) is 9.68. The van der Waals surface area contributed by atoms with E-state index >= 15 is 0 Å². The van der Waals surface area contributed by atoms with E-state index in [2.05, 4.69) is 102 Å². The predicted octanol–water partition coefficient (Wildman–Crippen LogP) is 3.52. The summed E-state index contributed by atoms with van der Waals surface area (Å²) in [5, 5.41) is 4.31. The van der Waals surface area contributed by atoms with Crippen LogP contribution in [0.25, 0.3) is 0 Å². The van der Waals surface area contributed by atoms with Gasteiger partial charge in [0.2, 0.25) is 0 Å². The molecule has 3 aromatic rings. The van der Waals surface area contributed by atoms with Crippen LogP contribution in [0, 0.1) is 0 Å². The Morgan fingerprint density at radius 2 is 1.08 bits per heavy atom. The summed E-state index contributed by atoms with van der Waals surface area (Å²) in [6.45, 7) is 3.16. The summed E-state index contributed by atoms with van der Waals surface area (Å²) in [5.74, 6) is -0.394. The molecule has 0 aromatic heterocycles. The van der Waals surface area contributed by atoms with Crippen LogP contribution in [0.5, 0.6) is 0 Å². The van der Waals surface area contributed by atoms with Crippen molar-refractivity contribution in [1.82, 2.24) is 0 Å². The molecule has 0 spiro atoms. The second-order valence-electron chi connectivity index (χ2n) is 5.20. The molecule has 3 aromatic carbocycles. The Morgan fingerprint density at radius 1 is 0.760 bits per heavy atom. The molecule has 126 valence electrons. The number of esters is 1. The highest BCUT2D eigenvalue weighted by Crippen LogP contribution is 2.32. The van der Waals surface area contributed by atoms with Crippen LogP contribution >= 0.6 is 7.92 Å². The molecular weight excluding hydrogens is 327 g/mol. The van der Waals surface area contributed by atoms with Crippen molar-refractivity contribution < 1.29 is 9.53 Å². The predicted molar refractivity (Wildman–Crippen MR) is 109 cm³/mol. The minimum absolute atomic E-state index is 0.394. The van der Waals surface area contributed by atoms with Crippen molar-refractivity contribution in [2.24, 2.45) is 0 Å². The van der Waals surface area contributed by atoms with Crippen molar-refractivity contribution in [2.75, 3.05) is 7.11 Å². The fraction of sp³-hybridized carbons (Fsp3) is 0.0455. The number of ether oxygens (including phenoxy) is 1. The zero-order valence-electron chi connectivity index (χ0n) is 14.3. The number of methoxy groups -OCH3 is 1. The van der Waals surface area contributed by atoms with Gasteiger partial charge in [-0.3, -0.25) is 0 Å². The Bertz CT molecular complexity index is 677. The maximum Gasteiger partial charge on any atom is 0.329 e. The molecule has 0 aliphatic heterocycles. The first-order chi connectivity index (χ1) is 12.3. The van der Waals surface area contributed by atoms with E-state index < -0.39 is 13.9 Å². The van der Waals surface area contributed by atoms with E-state index in [4.69, 9.17) is 0 Å². The fourth-order valence-corrected chi connectivity index (χ4v) is 4.98. The topological polar surface area (TPSA) is 26.3 Å². The van der Waals surface area contributed by atoms with Gasteiger partial charge in [0.1, 0.15) is 15.9 Å². The summed E-state index contributed by atoms with van der Waals surface area (Å²) < 4.78 is 4.14. The summed E-state index contributed by atoms with van der Waals surface area (Å²) in [5.41, 5.74) is 0. The number of hydrogen-bond acceptors (Lipinski definition) is 2. The van der Waals surface area contributed by atoms with Gasteiger partial charge in [0.15, 0.2) is 0 Å². The summed E-state index contributed by atoms with van der Waals surface area (Å²) in [7, 11) is 0.432. The van der Waals surface area contributed by atoms with E-state index in [0.717, 1.165) is 6.08 Å². The highest BCUT2D eigenvalue weighted by Gasteiger charge is 2.24. The summed E-state index contributed by atoms with van der Waals surface area (Å²) in [6.07, 6.45) is 1.11. The lowest BCUT2D eigenvalue weighted by atomic mass is 10.4. The van der Waals surface area contributed by atoms with Gasteiger partial charge >= 0.3 is 5.97 Å². The molecule has 0 atom stereocenters. The lowest BCUT2D eigenvalue weighted by Gasteiger charge is -2.10. The first kappa shape index (κ1) is 18.6. The van der Waals surface area contributed by atoms with Gasteiger partial charge in [0.25, 0.3) is 0 Å². The monoisotopic (exact) mass is 349 g/mol. The standard InChI is InChI=1S/C18H15P.C4H6O2/c1-4-10-16(11-5-1)19(17-12-6-2-7-13-17)18-14-8-3-9-15-18;1-3-4(5)6-2/h1-15H;3H,1H2,2H3/p+1. The molecule has 25 heavy (non-hydrogen) atoms. The van der Waals surface area contributed by atoms with E-state index in [-0.39, 0.29) is 0 Å². The smallest absolute Gasteiger partial charge is 0.329 e. The third kappa shape index (κ3) is 5.70. The van der Waals surface area contributed by atoms with Gasteiger partial charge in [-0.15, -0.1) is 0 Å². The largest absolute Gasteiger partial charge is 0.466 e. The second kappa shape index (κ2) is 10.2. The van der Waals surface area contributed by atoms with Crippen molar-refractivity contribution in [2.45, 2.75) is 0 Å². The third-order valence-electron chi connectivity index (χ3n) is 3.56. The molecule has 3 rings (SSSR count). The lowest BCUT2D eigenvalue weighted by molar-refractivity contribution is -0.134. The molecule has 0 radical (unpaired) electrons. The molecule has 0 heterocycles. The molecule has 2 nitrogen and oxygen atoms in total.